The first kappa shape index (κ1) is 14.5. The van der Waals surface area contributed by atoms with E-state index < -0.39 is 9.84 Å². The van der Waals surface area contributed by atoms with Gasteiger partial charge < -0.3 is 5.32 Å². The van der Waals surface area contributed by atoms with Gasteiger partial charge in [-0.15, -0.1) is 0 Å². The van der Waals surface area contributed by atoms with Gasteiger partial charge in [-0.3, -0.25) is 0 Å². The van der Waals surface area contributed by atoms with Gasteiger partial charge in [0.05, 0.1) is 5.75 Å². The minimum Gasteiger partial charge on any atom is -0.381 e. The third-order valence-corrected chi connectivity index (χ3v) is 5.05. The Morgan fingerprint density at radius 1 is 1.41 bits per heavy atom. The molecule has 0 saturated heterocycles. The summed E-state index contributed by atoms with van der Waals surface area (Å²) in [5, 5.41) is 3.22. The van der Waals surface area contributed by atoms with E-state index in [2.05, 4.69) is 21.2 Å². The van der Waals surface area contributed by atoms with E-state index in [4.69, 9.17) is 0 Å². The van der Waals surface area contributed by atoms with Crippen LogP contribution in [0.1, 0.15) is 19.4 Å². The fraction of sp³-hybridized carbons (Fsp3) is 0.500. The molecule has 0 bridgehead atoms. The first-order chi connectivity index (χ1) is 7.84. The molecule has 0 fully saturated rings. The second-order valence-electron chi connectivity index (χ2n) is 4.23. The van der Waals surface area contributed by atoms with E-state index in [9.17, 15) is 8.42 Å². The number of nitrogens with one attached hydrogen (secondary N) is 1. The lowest BCUT2D eigenvalue weighted by atomic mass is 10.2. The molecule has 0 saturated carbocycles. The fourth-order valence-electron chi connectivity index (χ4n) is 1.56. The summed E-state index contributed by atoms with van der Waals surface area (Å²) in [6.45, 7) is 5.55. The van der Waals surface area contributed by atoms with Gasteiger partial charge in [0.2, 0.25) is 0 Å². The maximum absolute atomic E-state index is 11.5. The van der Waals surface area contributed by atoms with E-state index in [0.29, 0.717) is 0 Å². The maximum Gasteiger partial charge on any atom is 0.152 e. The van der Waals surface area contributed by atoms with E-state index in [-0.39, 0.29) is 17.5 Å². The van der Waals surface area contributed by atoms with Crippen molar-refractivity contribution >= 4 is 31.5 Å². The zero-order chi connectivity index (χ0) is 13.1. The molecule has 1 rings (SSSR count). The predicted molar refractivity (Wildman–Crippen MR) is 76.3 cm³/mol. The molecule has 3 nitrogen and oxygen atoms in total. The van der Waals surface area contributed by atoms with Gasteiger partial charge in [-0.1, -0.05) is 13.0 Å². The molecule has 17 heavy (non-hydrogen) atoms. The zero-order valence-corrected chi connectivity index (χ0v) is 12.7. The van der Waals surface area contributed by atoms with E-state index in [1.165, 1.54) is 0 Å². The summed E-state index contributed by atoms with van der Waals surface area (Å²) in [6.07, 6.45) is 0. The highest BCUT2D eigenvalue weighted by molar-refractivity contribution is 9.10. The van der Waals surface area contributed by atoms with E-state index in [0.717, 1.165) is 15.7 Å². The molecule has 0 radical (unpaired) electrons. The Bertz CT molecular complexity index is 485. The van der Waals surface area contributed by atoms with Crippen molar-refractivity contribution in [2.45, 2.75) is 26.8 Å². The number of aryl methyl sites for hydroxylation is 1. The number of benzene rings is 1. The number of anilines is 1. The van der Waals surface area contributed by atoms with E-state index >= 15 is 0 Å². The Labute approximate surface area is 112 Å². The summed E-state index contributed by atoms with van der Waals surface area (Å²) >= 11 is 3.44. The average Bonchev–Trinajstić information content (AvgIpc) is 2.23. The van der Waals surface area contributed by atoms with Crippen LogP contribution in [0.4, 0.5) is 5.69 Å². The van der Waals surface area contributed by atoms with Crippen molar-refractivity contribution in [3.05, 3.63) is 28.2 Å². The summed E-state index contributed by atoms with van der Waals surface area (Å²) in [5.41, 5.74) is 2.07. The van der Waals surface area contributed by atoms with Gasteiger partial charge >= 0.3 is 0 Å². The third kappa shape index (κ3) is 4.68. The largest absolute Gasteiger partial charge is 0.381 e. The third-order valence-electron chi connectivity index (χ3n) is 2.47. The lowest BCUT2D eigenvalue weighted by molar-refractivity contribution is 0.593. The SMILES string of the molecule is CCS(=O)(=O)CC(C)Nc1cc(C)ccc1Br. The van der Waals surface area contributed by atoms with Gasteiger partial charge in [-0.05, 0) is 47.5 Å². The van der Waals surface area contributed by atoms with Gasteiger partial charge in [0.15, 0.2) is 9.84 Å². The van der Waals surface area contributed by atoms with Crippen LogP contribution in [0, 0.1) is 6.92 Å². The van der Waals surface area contributed by atoms with Crippen molar-refractivity contribution in [1.82, 2.24) is 0 Å². The van der Waals surface area contributed by atoms with Crippen molar-refractivity contribution in [2.75, 3.05) is 16.8 Å². The van der Waals surface area contributed by atoms with Crippen LogP contribution < -0.4 is 5.32 Å². The second kappa shape index (κ2) is 5.87. The molecule has 0 aliphatic rings. The standard InChI is InChI=1S/C12H18BrNO2S/c1-4-17(15,16)8-10(3)14-12-7-9(2)5-6-11(12)13/h5-7,10,14H,4,8H2,1-3H3. The molecule has 1 atom stereocenters. The molecule has 0 spiro atoms. The minimum atomic E-state index is -2.94. The number of rotatable bonds is 5. The zero-order valence-electron chi connectivity index (χ0n) is 10.3. The number of hydrogen-bond donors (Lipinski definition) is 1. The van der Waals surface area contributed by atoms with Crippen LogP contribution in [-0.4, -0.2) is 26.0 Å². The molecule has 1 unspecified atom stereocenters. The molecule has 0 heterocycles. The molecular weight excluding hydrogens is 302 g/mol. The van der Waals surface area contributed by atoms with Crippen LogP contribution in [0.2, 0.25) is 0 Å². The maximum atomic E-state index is 11.5. The van der Waals surface area contributed by atoms with E-state index in [1.54, 1.807) is 6.92 Å². The van der Waals surface area contributed by atoms with Gasteiger partial charge in [0, 0.05) is 22.0 Å². The van der Waals surface area contributed by atoms with E-state index in [1.807, 2.05) is 32.0 Å². The Kier molecular flexibility index (Phi) is 5.01. The molecule has 0 aliphatic heterocycles. The van der Waals surface area contributed by atoms with Crippen LogP contribution in [-0.2, 0) is 9.84 Å². The van der Waals surface area contributed by atoms with Crippen LogP contribution in [0.15, 0.2) is 22.7 Å². The Hall–Kier alpha value is -0.550. The molecule has 0 aromatic heterocycles. The molecule has 1 N–H and O–H groups in total. The van der Waals surface area contributed by atoms with Crippen molar-refractivity contribution < 1.29 is 8.42 Å². The summed E-state index contributed by atoms with van der Waals surface area (Å²) in [4.78, 5) is 0. The number of hydrogen-bond acceptors (Lipinski definition) is 3. The first-order valence-electron chi connectivity index (χ1n) is 5.57. The predicted octanol–water partition coefficient (Wildman–Crippen LogP) is 2.99. The lowest BCUT2D eigenvalue weighted by Gasteiger charge is -2.16. The molecule has 0 amide bonds. The van der Waals surface area contributed by atoms with Gasteiger partial charge in [0.25, 0.3) is 0 Å². The normalized spacial score (nSPS) is 13.4. The fourth-order valence-corrected chi connectivity index (χ4v) is 3.00. The van der Waals surface area contributed by atoms with Crippen LogP contribution in [0.5, 0.6) is 0 Å². The van der Waals surface area contributed by atoms with Crippen LogP contribution >= 0.6 is 15.9 Å². The summed E-state index contributed by atoms with van der Waals surface area (Å²) in [5.74, 6) is 0.345. The highest BCUT2D eigenvalue weighted by Crippen LogP contribution is 2.24. The summed E-state index contributed by atoms with van der Waals surface area (Å²) < 4.78 is 23.9. The molecule has 96 valence electrons. The average molecular weight is 320 g/mol. The Balaban J connectivity index is 2.74. The van der Waals surface area contributed by atoms with Crippen molar-refractivity contribution in [1.29, 1.82) is 0 Å². The number of sulfone groups is 1. The lowest BCUT2D eigenvalue weighted by Crippen LogP contribution is -2.26. The van der Waals surface area contributed by atoms with Gasteiger partial charge in [-0.2, -0.15) is 0 Å². The Morgan fingerprint density at radius 2 is 2.06 bits per heavy atom. The van der Waals surface area contributed by atoms with Gasteiger partial charge in [0.1, 0.15) is 0 Å². The van der Waals surface area contributed by atoms with Crippen LogP contribution in [0.25, 0.3) is 0 Å². The monoisotopic (exact) mass is 319 g/mol. The molecule has 5 heteroatoms. The van der Waals surface area contributed by atoms with Crippen molar-refractivity contribution in [2.24, 2.45) is 0 Å². The topological polar surface area (TPSA) is 46.2 Å². The van der Waals surface area contributed by atoms with Crippen molar-refractivity contribution in [3.63, 3.8) is 0 Å². The Morgan fingerprint density at radius 3 is 2.65 bits per heavy atom. The number of halogens is 1. The highest BCUT2D eigenvalue weighted by atomic mass is 79.9. The molecule has 1 aromatic rings. The summed E-state index contributed by atoms with van der Waals surface area (Å²) in [7, 11) is -2.94. The molecule has 1 aromatic carbocycles. The summed E-state index contributed by atoms with van der Waals surface area (Å²) in [6, 6.07) is 5.86. The molecule has 0 aliphatic carbocycles. The quantitative estimate of drug-likeness (QED) is 0.907. The first-order valence-corrected chi connectivity index (χ1v) is 8.18. The van der Waals surface area contributed by atoms with Crippen LogP contribution in [0.3, 0.4) is 0 Å². The van der Waals surface area contributed by atoms with Gasteiger partial charge in [-0.25, -0.2) is 8.42 Å². The smallest absolute Gasteiger partial charge is 0.152 e. The second-order valence-corrected chi connectivity index (χ2v) is 7.48. The minimum absolute atomic E-state index is 0.0990. The molecular formula is C12H18BrNO2S. The van der Waals surface area contributed by atoms with Crippen molar-refractivity contribution in [3.8, 4) is 0 Å². The highest BCUT2D eigenvalue weighted by Gasteiger charge is 2.14.